The van der Waals surface area contributed by atoms with E-state index in [2.05, 4.69) is 4.98 Å². The van der Waals surface area contributed by atoms with Crippen molar-refractivity contribution in [2.75, 3.05) is 13.9 Å². The number of nitrogens with zero attached hydrogens (tertiary/aromatic N) is 2. The average molecular weight is 355 g/mol. The number of nitro groups is 1. The monoisotopic (exact) mass is 355 g/mol. The van der Waals surface area contributed by atoms with E-state index in [0.717, 1.165) is 0 Å². The molecule has 9 heteroatoms. The number of pyridine rings is 1. The zero-order valence-corrected chi connectivity index (χ0v) is 13.6. The molecule has 0 spiro atoms. The summed E-state index contributed by atoms with van der Waals surface area (Å²) in [7, 11) is 1.33. The van der Waals surface area contributed by atoms with E-state index in [1.54, 1.807) is 30.3 Å². The average Bonchev–Trinajstić information content (AvgIpc) is 3.07. The van der Waals surface area contributed by atoms with E-state index in [9.17, 15) is 14.9 Å². The number of fused-ring (bicyclic) bond motifs is 1. The summed E-state index contributed by atoms with van der Waals surface area (Å²) in [5.41, 5.74) is -0.811. The lowest BCUT2D eigenvalue weighted by atomic mass is 10.1. The van der Waals surface area contributed by atoms with Crippen LogP contribution in [0.4, 0.5) is 5.69 Å². The second-order valence-electron chi connectivity index (χ2n) is 5.32. The number of nitriles is 1. The minimum atomic E-state index is -0.713. The van der Waals surface area contributed by atoms with E-state index in [4.69, 9.17) is 19.5 Å². The van der Waals surface area contributed by atoms with Crippen LogP contribution in [0.5, 0.6) is 11.5 Å². The maximum absolute atomic E-state index is 12.1. The molecule has 0 saturated heterocycles. The second kappa shape index (κ2) is 7.08. The predicted octanol–water partition coefficient (Wildman–Crippen LogP) is 2.20. The summed E-state index contributed by atoms with van der Waals surface area (Å²) in [6.07, 6.45) is 2.99. The SMILES string of the molecule is COCc1c([N+](=O)[O-])c(/C=C/c2ccc3c(c2)OCO3)[nH]c(=O)c1C#N. The fourth-order valence-electron chi connectivity index (χ4n) is 2.59. The lowest BCUT2D eigenvalue weighted by molar-refractivity contribution is -0.386. The molecule has 26 heavy (non-hydrogen) atoms. The van der Waals surface area contributed by atoms with Gasteiger partial charge in [-0.05, 0) is 23.8 Å². The van der Waals surface area contributed by atoms with Crippen molar-refractivity contribution in [2.45, 2.75) is 6.61 Å². The van der Waals surface area contributed by atoms with Crippen LogP contribution in [-0.2, 0) is 11.3 Å². The molecular formula is C17H13N3O6. The molecule has 1 aromatic heterocycles. The van der Waals surface area contributed by atoms with Crippen LogP contribution >= 0.6 is 0 Å². The smallest absolute Gasteiger partial charge is 0.299 e. The van der Waals surface area contributed by atoms with Gasteiger partial charge in [-0.2, -0.15) is 5.26 Å². The number of ether oxygens (including phenoxy) is 3. The van der Waals surface area contributed by atoms with Crippen LogP contribution in [0.1, 0.15) is 22.4 Å². The third-order valence-corrected chi connectivity index (χ3v) is 3.74. The summed E-state index contributed by atoms with van der Waals surface area (Å²) in [4.78, 5) is 25.3. The van der Waals surface area contributed by atoms with Crippen molar-refractivity contribution in [3.63, 3.8) is 0 Å². The normalized spacial score (nSPS) is 12.3. The predicted molar refractivity (Wildman–Crippen MR) is 90.6 cm³/mol. The number of hydrogen-bond acceptors (Lipinski definition) is 7. The molecule has 0 aliphatic carbocycles. The fraction of sp³-hybridized carbons (Fsp3) is 0.176. The van der Waals surface area contributed by atoms with E-state index in [1.165, 1.54) is 13.2 Å². The first-order valence-electron chi connectivity index (χ1n) is 7.45. The van der Waals surface area contributed by atoms with Gasteiger partial charge in [0, 0.05) is 7.11 Å². The third kappa shape index (κ3) is 3.13. The van der Waals surface area contributed by atoms with E-state index in [-0.39, 0.29) is 35.9 Å². The Morgan fingerprint density at radius 2 is 2.15 bits per heavy atom. The maximum atomic E-state index is 12.1. The van der Waals surface area contributed by atoms with Crippen LogP contribution in [0.15, 0.2) is 23.0 Å². The van der Waals surface area contributed by atoms with Crippen LogP contribution in [0.3, 0.4) is 0 Å². The van der Waals surface area contributed by atoms with Gasteiger partial charge in [0.1, 0.15) is 17.3 Å². The highest BCUT2D eigenvalue weighted by Gasteiger charge is 2.25. The Balaban J connectivity index is 2.08. The van der Waals surface area contributed by atoms with Crippen molar-refractivity contribution < 1.29 is 19.1 Å². The molecule has 0 fully saturated rings. The number of nitrogens with one attached hydrogen (secondary N) is 1. The van der Waals surface area contributed by atoms with Crippen LogP contribution in [0.2, 0.25) is 0 Å². The minimum absolute atomic E-state index is 0.0243. The number of rotatable bonds is 5. The summed E-state index contributed by atoms with van der Waals surface area (Å²) >= 11 is 0. The lowest BCUT2D eigenvalue weighted by Crippen LogP contribution is -2.18. The number of benzene rings is 1. The highest BCUT2D eigenvalue weighted by atomic mass is 16.7. The molecule has 2 heterocycles. The first-order chi connectivity index (χ1) is 12.5. The Bertz CT molecular complexity index is 1000. The lowest BCUT2D eigenvalue weighted by Gasteiger charge is -2.06. The number of methoxy groups -OCH3 is 1. The molecule has 2 aromatic rings. The molecular weight excluding hydrogens is 342 g/mol. The number of aromatic amines is 1. The van der Waals surface area contributed by atoms with Gasteiger partial charge < -0.3 is 19.2 Å². The van der Waals surface area contributed by atoms with E-state index < -0.39 is 10.5 Å². The van der Waals surface area contributed by atoms with Crippen molar-refractivity contribution in [1.29, 1.82) is 5.26 Å². The zero-order chi connectivity index (χ0) is 18.7. The summed E-state index contributed by atoms with van der Waals surface area (Å²) in [5.74, 6) is 1.18. The van der Waals surface area contributed by atoms with Crippen LogP contribution in [0, 0.1) is 21.4 Å². The molecule has 0 radical (unpaired) electrons. The molecule has 0 unspecified atom stereocenters. The first kappa shape index (κ1) is 17.2. The van der Waals surface area contributed by atoms with Gasteiger partial charge >= 0.3 is 0 Å². The summed E-state index contributed by atoms with van der Waals surface area (Å²) in [6, 6.07) is 6.86. The molecule has 9 nitrogen and oxygen atoms in total. The van der Waals surface area contributed by atoms with Gasteiger partial charge in [-0.1, -0.05) is 12.1 Å². The van der Waals surface area contributed by atoms with Crippen molar-refractivity contribution in [3.05, 3.63) is 61.1 Å². The standard InChI is InChI=1S/C17H13N3O6/c1-24-8-12-11(7-18)17(21)19-13(16(12)20(22)23)4-2-10-3-5-14-15(6-10)26-9-25-14/h2-6H,8-9H2,1H3,(H,19,21)/b4-2+. The molecule has 1 aliphatic rings. The summed E-state index contributed by atoms with van der Waals surface area (Å²) in [5, 5.41) is 20.6. The molecule has 132 valence electrons. The van der Waals surface area contributed by atoms with Crippen molar-refractivity contribution in [1.82, 2.24) is 4.98 Å². The van der Waals surface area contributed by atoms with Gasteiger partial charge in [-0.3, -0.25) is 14.9 Å². The Hall–Kier alpha value is -3.64. The molecule has 0 bridgehead atoms. The summed E-state index contributed by atoms with van der Waals surface area (Å²) < 4.78 is 15.4. The van der Waals surface area contributed by atoms with Crippen molar-refractivity contribution in [2.24, 2.45) is 0 Å². The fourth-order valence-corrected chi connectivity index (χ4v) is 2.59. The molecule has 1 aromatic carbocycles. The summed E-state index contributed by atoms with van der Waals surface area (Å²) in [6.45, 7) is -0.0920. The van der Waals surface area contributed by atoms with E-state index in [1.807, 2.05) is 0 Å². The quantitative estimate of drug-likeness (QED) is 0.643. The highest BCUT2D eigenvalue weighted by Crippen LogP contribution is 2.33. The van der Waals surface area contributed by atoms with Gasteiger partial charge in [0.2, 0.25) is 6.79 Å². The van der Waals surface area contributed by atoms with Gasteiger partial charge in [-0.25, -0.2) is 0 Å². The van der Waals surface area contributed by atoms with Gasteiger partial charge in [0.05, 0.1) is 17.1 Å². The van der Waals surface area contributed by atoms with Gasteiger partial charge in [0.25, 0.3) is 11.2 Å². The molecule has 1 aliphatic heterocycles. The molecule has 0 atom stereocenters. The van der Waals surface area contributed by atoms with Gasteiger partial charge in [0.15, 0.2) is 11.5 Å². The zero-order valence-electron chi connectivity index (χ0n) is 13.6. The third-order valence-electron chi connectivity index (χ3n) is 3.74. The van der Waals surface area contributed by atoms with Crippen LogP contribution in [-0.4, -0.2) is 23.8 Å². The molecule has 1 N–H and O–H groups in total. The van der Waals surface area contributed by atoms with Gasteiger partial charge in [-0.15, -0.1) is 0 Å². The Labute approximate surface area is 147 Å². The number of hydrogen-bond donors (Lipinski definition) is 1. The van der Waals surface area contributed by atoms with Crippen LogP contribution in [0.25, 0.3) is 12.2 Å². The maximum Gasteiger partial charge on any atom is 0.299 e. The largest absolute Gasteiger partial charge is 0.454 e. The first-order valence-corrected chi connectivity index (χ1v) is 7.45. The molecule has 3 rings (SSSR count). The number of aromatic nitrogens is 1. The second-order valence-corrected chi connectivity index (χ2v) is 5.32. The van der Waals surface area contributed by atoms with Crippen LogP contribution < -0.4 is 15.0 Å². The molecule has 0 saturated carbocycles. The topological polar surface area (TPSA) is 127 Å². The van der Waals surface area contributed by atoms with Crippen molar-refractivity contribution in [3.8, 4) is 17.6 Å². The van der Waals surface area contributed by atoms with E-state index in [0.29, 0.717) is 17.1 Å². The Morgan fingerprint density at radius 1 is 1.38 bits per heavy atom. The number of H-pyrrole nitrogens is 1. The minimum Gasteiger partial charge on any atom is -0.454 e. The highest BCUT2D eigenvalue weighted by molar-refractivity contribution is 5.75. The Morgan fingerprint density at radius 3 is 2.85 bits per heavy atom. The Kier molecular flexibility index (Phi) is 4.68. The van der Waals surface area contributed by atoms with E-state index >= 15 is 0 Å². The molecule has 0 amide bonds. The van der Waals surface area contributed by atoms with Crippen molar-refractivity contribution >= 4 is 17.8 Å².